The summed E-state index contributed by atoms with van der Waals surface area (Å²) in [7, 11) is 0. The van der Waals surface area contributed by atoms with E-state index in [1.54, 1.807) is 4.90 Å². The zero-order chi connectivity index (χ0) is 36.1. The van der Waals surface area contributed by atoms with Crippen LogP contribution in [0.5, 0.6) is 0 Å². The van der Waals surface area contributed by atoms with Crippen molar-refractivity contribution in [2.45, 2.75) is 6.92 Å². The molecule has 0 aliphatic carbocycles. The van der Waals surface area contributed by atoms with Gasteiger partial charge in [-0.25, -0.2) is 13.2 Å². The van der Waals surface area contributed by atoms with Crippen molar-refractivity contribution >= 4 is 61.5 Å². The molecule has 0 aliphatic rings. The van der Waals surface area contributed by atoms with Crippen molar-refractivity contribution in [2.24, 2.45) is 0 Å². The molecular formula is C49H32F3N. The second-order valence-electron chi connectivity index (χ2n) is 13.3. The number of anilines is 3. The normalized spacial score (nSPS) is 11.7. The molecule has 0 fully saturated rings. The Kier molecular flexibility index (Phi) is 8.01. The van der Waals surface area contributed by atoms with Gasteiger partial charge in [-0.3, -0.25) is 0 Å². The van der Waals surface area contributed by atoms with E-state index >= 15 is 4.39 Å². The molecule has 4 heteroatoms. The van der Waals surface area contributed by atoms with Crippen molar-refractivity contribution in [1.82, 2.24) is 0 Å². The minimum Gasteiger partial charge on any atom is -0.308 e. The average molecular weight is 692 g/mol. The number of benzene rings is 9. The molecule has 0 unspecified atom stereocenters. The molecular weight excluding hydrogens is 660 g/mol. The highest BCUT2D eigenvalue weighted by molar-refractivity contribution is 6.28. The van der Waals surface area contributed by atoms with Crippen molar-refractivity contribution in [3.05, 3.63) is 198 Å². The van der Waals surface area contributed by atoms with Gasteiger partial charge in [0, 0.05) is 11.4 Å². The van der Waals surface area contributed by atoms with E-state index in [2.05, 4.69) is 110 Å². The summed E-state index contributed by atoms with van der Waals surface area (Å²) in [6.45, 7) is 2.17. The molecule has 0 N–H and O–H groups in total. The van der Waals surface area contributed by atoms with E-state index in [4.69, 9.17) is 0 Å². The first-order valence-corrected chi connectivity index (χ1v) is 17.6. The first kappa shape index (κ1) is 32.3. The molecule has 0 spiro atoms. The van der Waals surface area contributed by atoms with Gasteiger partial charge in [-0.1, -0.05) is 133 Å². The van der Waals surface area contributed by atoms with Crippen LogP contribution in [-0.4, -0.2) is 0 Å². The van der Waals surface area contributed by atoms with Gasteiger partial charge in [0.2, 0.25) is 0 Å². The third-order valence-electron chi connectivity index (χ3n) is 10.2. The second kappa shape index (κ2) is 13.2. The molecule has 53 heavy (non-hydrogen) atoms. The lowest BCUT2D eigenvalue weighted by atomic mass is 9.84. The monoisotopic (exact) mass is 691 g/mol. The van der Waals surface area contributed by atoms with Crippen molar-refractivity contribution in [3.63, 3.8) is 0 Å². The van der Waals surface area contributed by atoms with Gasteiger partial charge in [0.05, 0.1) is 5.69 Å². The van der Waals surface area contributed by atoms with Crippen LogP contribution in [0.4, 0.5) is 30.2 Å². The number of para-hydroxylation sites is 1. The minimum atomic E-state index is -1.50. The average Bonchev–Trinajstić information content (AvgIpc) is 3.20. The molecule has 0 saturated heterocycles. The molecule has 1 nitrogen and oxygen atoms in total. The zero-order valence-corrected chi connectivity index (χ0v) is 28.8. The number of aryl methyl sites for hydroxylation is 1. The van der Waals surface area contributed by atoms with Crippen LogP contribution >= 0.6 is 0 Å². The third-order valence-corrected chi connectivity index (χ3v) is 10.2. The second-order valence-corrected chi connectivity index (χ2v) is 13.3. The Hall–Kier alpha value is -6.65. The summed E-state index contributed by atoms with van der Waals surface area (Å²) in [5.74, 6) is -3.97. The number of hydrogen-bond acceptors (Lipinski definition) is 1. The SMILES string of the molecule is Cc1ccccc1-c1c(/C=C\c2ccccc2)cc2ccc3ccc(-c4ccc(N(c5ccccc5)c5ccc(F)c(F)c5F)cc4)c4ccc1c2c34. The lowest BCUT2D eigenvalue weighted by Crippen LogP contribution is -2.13. The summed E-state index contributed by atoms with van der Waals surface area (Å²) in [5.41, 5.74) is 9.13. The highest BCUT2D eigenvalue weighted by Gasteiger charge is 2.22. The maximum absolute atomic E-state index is 15.2. The molecule has 0 atom stereocenters. The molecule has 0 aromatic heterocycles. The highest BCUT2D eigenvalue weighted by atomic mass is 19.2. The minimum absolute atomic E-state index is 0.0759. The maximum atomic E-state index is 15.2. The molecule has 0 aliphatic heterocycles. The van der Waals surface area contributed by atoms with Crippen LogP contribution in [0.25, 0.3) is 66.7 Å². The predicted octanol–water partition coefficient (Wildman–Crippen LogP) is 14.3. The standard InChI is InChI=1S/C49H32F3N/c1-31-10-8-9-15-39(31)45-35(17-16-32-11-4-2-5-12-32)30-36-19-18-34-22-25-40(41-26-27-42(45)47(36)46(34)41)33-20-23-38(24-21-33)53(37-13-6-3-7-14-37)44-29-28-43(50)48(51)49(44)52/h2-30H,1H3/b17-16-. The number of halogens is 3. The fourth-order valence-corrected chi connectivity index (χ4v) is 7.67. The first-order chi connectivity index (χ1) is 26.0. The van der Waals surface area contributed by atoms with Crippen LogP contribution in [0.3, 0.4) is 0 Å². The Balaban J connectivity index is 1.21. The third kappa shape index (κ3) is 5.60. The fourth-order valence-electron chi connectivity index (χ4n) is 7.67. The van der Waals surface area contributed by atoms with E-state index in [9.17, 15) is 8.78 Å². The summed E-state index contributed by atoms with van der Waals surface area (Å²) < 4.78 is 43.7. The topological polar surface area (TPSA) is 3.24 Å². The molecule has 0 saturated carbocycles. The van der Waals surface area contributed by atoms with E-state index < -0.39 is 17.5 Å². The summed E-state index contributed by atoms with van der Waals surface area (Å²) in [6.07, 6.45) is 4.40. The molecule has 9 rings (SSSR count). The Labute approximate surface area is 305 Å². The summed E-state index contributed by atoms with van der Waals surface area (Å²) >= 11 is 0. The molecule has 0 heterocycles. The maximum Gasteiger partial charge on any atom is 0.196 e. The van der Waals surface area contributed by atoms with Crippen LogP contribution in [0.1, 0.15) is 16.7 Å². The molecule has 9 aromatic carbocycles. The fraction of sp³-hybridized carbons (Fsp3) is 0.0204. The first-order valence-electron chi connectivity index (χ1n) is 17.6. The lowest BCUT2D eigenvalue weighted by Gasteiger charge is -2.26. The van der Waals surface area contributed by atoms with Crippen LogP contribution in [0.2, 0.25) is 0 Å². The van der Waals surface area contributed by atoms with E-state index in [1.807, 2.05) is 60.7 Å². The van der Waals surface area contributed by atoms with Gasteiger partial charge in [0.1, 0.15) is 0 Å². The number of hydrogen-bond donors (Lipinski definition) is 0. The van der Waals surface area contributed by atoms with Crippen molar-refractivity contribution in [3.8, 4) is 22.3 Å². The zero-order valence-electron chi connectivity index (χ0n) is 28.8. The van der Waals surface area contributed by atoms with Crippen molar-refractivity contribution < 1.29 is 13.2 Å². The number of nitrogens with zero attached hydrogens (tertiary/aromatic N) is 1. The summed E-state index contributed by atoms with van der Waals surface area (Å²) in [5, 5.41) is 7.07. The van der Waals surface area contributed by atoms with Gasteiger partial charge in [-0.15, -0.1) is 0 Å². The summed E-state index contributed by atoms with van der Waals surface area (Å²) in [4.78, 5) is 1.60. The largest absolute Gasteiger partial charge is 0.308 e. The van der Waals surface area contributed by atoms with E-state index in [0.717, 1.165) is 39.1 Å². The quantitative estimate of drug-likeness (QED) is 0.0913. The van der Waals surface area contributed by atoms with Crippen LogP contribution in [0.15, 0.2) is 164 Å². The van der Waals surface area contributed by atoms with Gasteiger partial charge in [-0.05, 0) is 121 Å². The Bertz CT molecular complexity index is 2810. The Morgan fingerprint density at radius 3 is 1.91 bits per heavy atom. The highest BCUT2D eigenvalue weighted by Crippen LogP contribution is 2.45. The van der Waals surface area contributed by atoms with Gasteiger partial charge in [-0.2, -0.15) is 0 Å². The van der Waals surface area contributed by atoms with Gasteiger partial charge in [0.25, 0.3) is 0 Å². The van der Waals surface area contributed by atoms with E-state index in [-0.39, 0.29) is 5.69 Å². The van der Waals surface area contributed by atoms with Crippen LogP contribution in [-0.2, 0) is 0 Å². The van der Waals surface area contributed by atoms with Crippen molar-refractivity contribution in [1.29, 1.82) is 0 Å². The molecule has 0 bridgehead atoms. The lowest BCUT2D eigenvalue weighted by molar-refractivity contribution is 0.448. The van der Waals surface area contributed by atoms with E-state index in [1.165, 1.54) is 44.3 Å². The molecule has 0 radical (unpaired) electrons. The van der Waals surface area contributed by atoms with Crippen LogP contribution < -0.4 is 4.90 Å². The molecule has 9 aromatic rings. The molecule has 0 amide bonds. The predicted molar refractivity (Wildman–Crippen MR) is 216 cm³/mol. The van der Waals surface area contributed by atoms with Gasteiger partial charge >= 0.3 is 0 Å². The van der Waals surface area contributed by atoms with Crippen molar-refractivity contribution in [2.75, 3.05) is 4.90 Å². The Morgan fingerprint density at radius 1 is 0.491 bits per heavy atom. The molecule has 254 valence electrons. The van der Waals surface area contributed by atoms with Crippen LogP contribution in [0, 0.1) is 24.4 Å². The van der Waals surface area contributed by atoms with Gasteiger partial charge < -0.3 is 4.90 Å². The Morgan fingerprint density at radius 2 is 1.13 bits per heavy atom. The number of rotatable bonds is 7. The smallest absolute Gasteiger partial charge is 0.196 e. The van der Waals surface area contributed by atoms with Gasteiger partial charge in [0.15, 0.2) is 17.5 Å². The van der Waals surface area contributed by atoms with E-state index in [0.29, 0.717) is 11.4 Å². The summed E-state index contributed by atoms with van der Waals surface area (Å²) in [6, 6.07) is 53.6.